The van der Waals surface area contributed by atoms with Gasteiger partial charge in [-0.25, -0.2) is 4.98 Å². The van der Waals surface area contributed by atoms with E-state index in [1.807, 2.05) is 10.6 Å². The van der Waals surface area contributed by atoms with Crippen LogP contribution in [-0.4, -0.2) is 27.4 Å². The molecule has 26 heavy (non-hydrogen) atoms. The lowest BCUT2D eigenvalue weighted by atomic mass is 10.0. The Hall–Kier alpha value is -2.54. The summed E-state index contributed by atoms with van der Waals surface area (Å²) in [6.45, 7) is 3.74. The van der Waals surface area contributed by atoms with Crippen LogP contribution in [0.25, 0.3) is 22.2 Å². The van der Waals surface area contributed by atoms with Gasteiger partial charge in [0.25, 0.3) is 0 Å². The maximum atomic E-state index is 12.9. The Morgan fingerprint density at radius 3 is 2.46 bits per heavy atom. The highest BCUT2D eigenvalue weighted by Gasteiger charge is 2.31. The zero-order valence-electron chi connectivity index (χ0n) is 14.6. The number of halogens is 3. The van der Waals surface area contributed by atoms with Crippen LogP contribution in [0, 0.1) is 0 Å². The highest BCUT2D eigenvalue weighted by atomic mass is 19.4. The number of methoxy groups -OCH3 is 1. The van der Waals surface area contributed by atoms with Crippen LogP contribution in [0.15, 0.2) is 42.7 Å². The topological polar surface area (TPSA) is 47.3 Å². The third-order valence-electron chi connectivity index (χ3n) is 4.02. The molecular weight excluding hydrogens is 345 g/mol. The van der Waals surface area contributed by atoms with Crippen molar-refractivity contribution in [2.75, 3.05) is 7.11 Å². The average molecular weight is 364 g/mol. The Balaban J connectivity index is 2.09. The molecule has 1 heterocycles. The lowest BCUT2D eigenvalue weighted by Gasteiger charge is -2.18. The summed E-state index contributed by atoms with van der Waals surface area (Å²) in [7, 11) is 1.34. The van der Waals surface area contributed by atoms with Gasteiger partial charge < -0.3 is 14.4 Å². The van der Waals surface area contributed by atoms with Crippen molar-refractivity contribution in [3.8, 4) is 16.9 Å². The van der Waals surface area contributed by atoms with E-state index >= 15 is 0 Å². The zero-order valence-corrected chi connectivity index (χ0v) is 14.6. The second kappa shape index (κ2) is 6.32. The van der Waals surface area contributed by atoms with Crippen LogP contribution in [0.1, 0.15) is 19.4 Å². The Morgan fingerprint density at radius 1 is 1.12 bits per heavy atom. The molecule has 2 aromatic carbocycles. The van der Waals surface area contributed by atoms with Crippen molar-refractivity contribution in [1.82, 2.24) is 9.55 Å². The molecule has 138 valence electrons. The van der Waals surface area contributed by atoms with Gasteiger partial charge in [-0.2, -0.15) is 13.2 Å². The molecule has 0 saturated carbocycles. The molecule has 0 atom stereocenters. The summed E-state index contributed by atoms with van der Waals surface area (Å²) in [5.41, 5.74) is 1.11. The Labute approximate surface area is 148 Å². The monoisotopic (exact) mass is 364 g/mol. The molecule has 0 radical (unpaired) electrons. The maximum Gasteiger partial charge on any atom is 0.416 e. The number of hydrogen-bond donors (Lipinski definition) is 1. The summed E-state index contributed by atoms with van der Waals surface area (Å²) in [5, 5.41) is 10.0. The minimum Gasteiger partial charge on any atom is -0.496 e. The molecule has 0 saturated heterocycles. The van der Waals surface area contributed by atoms with Gasteiger partial charge in [-0.15, -0.1) is 0 Å². The van der Waals surface area contributed by atoms with Crippen molar-refractivity contribution >= 4 is 11.0 Å². The van der Waals surface area contributed by atoms with Crippen molar-refractivity contribution in [2.24, 2.45) is 0 Å². The number of hydrogen-bond acceptors (Lipinski definition) is 3. The van der Waals surface area contributed by atoms with Gasteiger partial charge >= 0.3 is 6.18 Å². The SMILES string of the molecule is COc1cc(C(F)(F)F)ccc1-c1ccc2ncn(CC(C)(C)O)c2c1. The van der Waals surface area contributed by atoms with Gasteiger partial charge in [0, 0.05) is 5.56 Å². The van der Waals surface area contributed by atoms with E-state index in [0.29, 0.717) is 17.7 Å². The number of benzene rings is 2. The van der Waals surface area contributed by atoms with Crippen molar-refractivity contribution < 1.29 is 23.0 Å². The molecule has 7 heteroatoms. The Kier molecular flexibility index (Phi) is 4.44. The average Bonchev–Trinajstić information content (AvgIpc) is 2.94. The first-order chi connectivity index (χ1) is 12.1. The fraction of sp³-hybridized carbons (Fsp3) is 0.316. The predicted molar refractivity (Wildman–Crippen MR) is 93.0 cm³/mol. The van der Waals surface area contributed by atoms with Crippen molar-refractivity contribution in [2.45, 2.75) is 32.2 Å². The lowest BCUT2D eigenvalue weighted by molar-refractivity contribution is -0.137. The summed E-state index contributed by atoms with van der Waals surface area (Å²) in [4.78, 5) is 4.30. The van der Waals surface area contributed by atoms with Gasteiger partial charge in [-0.05, 0) is 43.7 Å². The molecule has 1 N–H and O–H groups in total. The zero-order chi connectivity index (χ0) is 19.1. The van der Waals surface area contributed by atoms with E-state index in [2.05, 4.69) is 4.98 Å². The van der Waals surface area contributed by atoms with Crippen LogP contribution < -0.4 is 4.74 Å². The first-order valence-electron chi connectivity index (χ1n) is 8.01. The van der Waals surface area contributed by atoms with E-state index in [9.17, 15) is 18.3 Å². The smallest absolute Gasteiger partial charge is 0.416 e. The lowest BCUT2D eigenvalue weighted by Crippen LogP contribution is -2.25. The molecule has 0 aliphatic carbocycles. The highest BCUT2D eigenvalue weighted by molar-refractivity contribution is 5.84. The minimum atomic E-state index is -4.43. The second-order valence-electron chi connectivity index (χ2n) is 6.80. The third-order valence-corrected chi connectivity index (χ3v) is 4.02. The van der Waals surface area contributed by atoms with Gasteiger partial charge in [0.15, 0.2) is 0 Å². The normalized spacial score (nSPS) is 12.6. The summed E-state index contributed by atoms with van der Waals surface area (Å²) < 4.78 is 45.8. The largest absolute Gasteiger partial charge is 0.496 e. The van der Waals surface area contributed by atoms with Crippen LogP contribution in [-0.2, 0) is 12.7 Å². The molecule has 3 aromatic rings. The molecule has 3 rings (SSSR count). The fourth-order valence-electron chi connectivity index (χ4n) is 2.87. The number of rotatable bonds is 4. The van der Waals surface area contributed by atoms with Crippen LogP contribution >= 0.6 is 0 Å². The molecule has 0 unspecified atom stereocenters. The van der Waals surface area contributed by atoms with E-state index in [4.69, 9.17) is 4.74 Å². The number of ether oxygens (including phenoxy) is 1. The molecule has 0 fully saturated rings. The summed E-state index contributed by atoms with van der Waals surface area (Å²) in [6, 6.07) is 8.85. The molecule has 0 aliphatic rings. The van der Waals surface area contributed by atoms with Gasteiger partial charge in [-0.3, -0.25) is 0 Å². The van der Waals surface area contributed by atoms with E-state index < -0.39 is 17.3 Å². The molecular formula is C19H19F3N2O2. The summed E-state index contributed by atoms with van der Waals surface area (Å²) >= 11 is 0. The number of aliphatic hydroxyl groups is 1. The van der Waals surface area contributed by atoms with E-state index in [0.717, 1.165) is 23.2 Å². The Bertz CT molecular complexity index is 940. The van der Waals surface area contributed by atoms with E-state index in [-0.39, 0.29) is 5.75 Å². The van der Waals surface area contributed by atoms with Crippen LogP contribution in [0.4, 0.5) is 13.2 Å². The fourth-order valence-corrected chi connectivity index (χ4v) is 2.87. The second-order valence-corrected chi connectivity index (χ2v) is 6.80. The van der Waals surface area contributed by atoms with Gasteiger partial charge in [0.1, 0.15) is 5.75 Å². The third kappa shape index (κ3) is 3.67. The molecule has 0 aliphatic heterocycles. The molecule has 1 aromatic heterocycles. The number of fused-ring (bicyclic) bond motifs is 1. The van der Waals surface area contributed by atoms with Gasteiger partial charge in [-0.1, -0.05) is 12.1 Å². The van der Waals surface area contributed by atoms with Gasteiger partial charge in [0.2, 0.25) is 0 Å². The van der Waals surface area contributed by atoms with Gasteiger partial charge in [0.05, 0.1) is 42.2 Å². The van der Waals surface area contributed by atoms with Crippen molar-refractivity contribution in [1.29, 1.82) is 0 Å². The van der Waals surface area contributed by atoms with E-state index in [1.54, 1.807) is 32.3 Å². The maximum absolute atomic E-state index is 12.9. The molecule has 4 nitrogen and oxygen atoms in total. The predicted octanol–water partition coefficient (Wildman–Crippen LogP) is 4.50. The number of imidazole rings is 1. The minimum absolute atomic E-state index is 0.146. The standard InChI is InChI=1S/C19H19F3N2O2/c1-18(2,25)10-24-11-23-15-7-4-12(8-16(15)24)14-6-5-13(19(20,21)22)9-17(14)26-3/h4-9,11,25H,10H2,1-3H3. The van der Waals surface area contributed by atoms with E-state index in [1.165, 1.54) is 13.2 Å². The molecule has 0 spiro atoms. The van der Waals surface area contributed by atoms with Crippen LogP contribution in [0.5, 0.6) is 5.75 Å². The molecule has 0 amide bonds. The number of nitrogens with zero attached hydrogens (tertiary/aromatic N) is 2. The Morgan fingerprint density at radius 2 is 1.85 bits per heavy atom. The number of alkyl halides is 3. The van der Waals surface area contributed by atoms with Crippen molar-refractivity contribution in [3.63, 3.8) is 0 Å². The first-order valence-corrected chi connectivity index (χ1v) is 8.01. The van der Waals surface area contributed by atoms with Crippen LogP contribution in [0.2, 0.25) is 0 Å². The first kappa shape index (κ1) is 18.3. The summed E-state index contributed by atoms with van der Waals surface area (Å²) in [6.07, 6.45) is -2.79. The highest BCUT2D eigenvalue weighted by Crippen LogP contribution is 2.37. The van der Waals surface area contributed by atoms with Crippen molar-refractivity contribution in [3.05, 3.63) is 48.3 Å². The summed E-state index contributed by atoms with van der Waals surface area (Å²) in [5.74, 6) is 0.146. The molecule has 0 bridgehead atoms. The van der Waals surface area contributed by atoms with Crippen LogP contribution in [0.3, 0.4) is 0 Å². The quantitative estimate of drug-likeness (QED) is 0.741. The number of aromatic nitrogens is 2.